The molecular weight excluding hydrogens is 250 g/mol. The molecule has 0 fully saturated rings. The lowest BCUT2D eigenvalue weighted by Crippen LogP contribution is -1.98. The first-order valence-corrected chi connectivity index (χ1v) is 7.12. The van der Waals surface area contributed by atoms with Gasteiger partial charge >= 0.3 is 0 Å². The summed E-state index contributed by atoms with van der Waals surface area (Å²) in [5, 5.41) is 0. The molecule has 1 heterocycles. The minimum Gasteiger partial charge on any atom is -0.326 e. The highest BCUT2D eigenvalue weighted by Gasteiger charge is 2.08. The molecule has 0 amide bonds. The van der Waals surface area contributed by atoms with Gasteiger partial charge in [-0.3, -0.25) is 0 Å². The first-order valence-electron chi connectivity index (χ1n) is 5.53. The van der Waals surface area contributed by atoms with Gasteiger partial charge in [-0.2, -0.15) is 4.37 Å². The van der Waals surface area contributed by atoms with Gasteiger partial charge in [-0.05, 0) is 35.6 Å². The number of aromatic nitrogens is 2. The molecule has 17 heavy (non-hydrogen) atoms. The maximum absolute atomic E-state index is 5.74. The van der Waals surface area contributed by atoms with Gasteiger partial charge < -0.3 is 5.73 Å². The summed E-state index contributed by atoms with van der Waals surface area (Å²) >= 11 is 3.11. The Balaban J connectivity index is 2.25. The zero-order valence-electron chi connectivity index (χ0n) is 9.93. The van der Waals surface area contributed by atoms with Crippen molar-refractivity contribution in [1.29, 1.82) is 0 Å². The van der Waals surface area contributed by atoms with Crippen molar-refractivity contribution in [3.63, 3.8) is 0 Å². The molecule has 2 N–H and O–H groups in total. The Labute approximate surface area is 110 Å². The Bertz CT molecular complexity index is 508. The van der Waals surface area contributed by atoms with Gasteiger partial charge in [0, 0.05) is 17.9 Å². The van der Waals surface area contributed by atoms with Crippen LogP contribution in [0.3, 0.4) is 0 Å². The fourth-order valence-electron chi connectivity index (χ4n) is 1.44. The number of nitrogens with zero attached hydrogens (tertiary/aromatic N) is 2. The number of aryl methyl sites for hydroxylation is 2. The summed E-state index contributed by atoms with van der Waals surface area (Å²) in [6.07, 6.45) is 0.884. The fourth-order valence-corrected chi connectivity index (χ4v) is 3.34. The highest BCUT2D eigenvalue weighted by atomic mass is 32.2. The molecule has 1 aromatic heterocycles. The molecule has 0 aliphatic rings. The van der Waals surface area contributed by atoms with E-state index in [4.69, 9.17) is 5.73 Å². The lowest BCUT2D eigenvalue weighted by molar-refractivity contribution is 0.970. The highest BCUT2D eigenvalue weighted by molar-refractivity contribution is 8.01. The van der Waals surface area contributed by atoms with Crippen LogP contribution in [0.1, 0.15) is 23.9 Å². The molecular formula is C12H15N3S2. The Morgan fingerprint density at radius 2 is 2.24 bits per heavy atom. The second kappa shape index (κ2) is 5.62. The highest BCUT2D eigenvalue weighted by Crippen LogP contribution is 2.32. The third-order valence-corrected chi connectivity index (χ3v) is 4.29. The summed E-state index contributed by atoms with van der Waals surface area (Å²) < 4.78 is 5.28. The van der Waals surface area contributed by atoms with E-state index in [0.717, 1.165) is 22.1 Å². The minimum absolute atomic E-state index is 0.558. The molecule has 0 unspecified atom stereocenters. The van der Waals surface area contributed by atoms with Crippen molar-refractivity contribution in [2.45, 2.75) is 36.0 Å². The van der Waals surface area contributed by atoms with Crippen molar-refractivity contribution in [2.24, 2.45) is 5.73 Å². The van der Waals surface area contributed by atoms with Crippen molar-refractivity contribution < 1.29 is 0 Å². The van der Waals surface area contributed by atoms with Crippen LogP contribution < -0.4 is 5.73 Å². The van der Waals surface area contributed by atoms with Crippen molar-refractivity contribution in [3.05, 3.63) is 35.2 Å². The van der Waals surface area contributed by atoms with Gasteiger partial charge in [0.25, 0.3) is 0 Å². The Morgan fingerprint density at radius 3 is 2.88 bits per heavy atom. The van der Waals surface area contributed by atoms with Crippen LogP contribution in [0.5, 0.6) is 0 Å². The molecule has 0 aliphatic heterocycles. The standard InChI is InChI=1S/C12H15N3S2/c1-3-11-14-12(17-15-11)16-10-6-8(2)4-5-9(10)7-13/h4-6H,3,7,13H2,1-2H3. The zero-order valence-corrected chi connectivity index (χ0v) is 11.6. The summed E-state index contributed by atoms with van der Waals surface area (Å²) in [4.78, 5) is 5.65. The Hall–Kier alpha value is -0.910. The van der Waals surface area contributed by atoms with Crippen LogP contribution in [0.4, 0.5) is 0 Å². The predicted octanol–water partition coefficient (Wildman–Crippen LogP) is 3.02. The van der Waals surface area contributed by atoms with Crippen LogP contribution in [-0.4, -0.2) is 9.36 Å². The van der Waals surface area contributed by atoms with Crippen LogP contribution in [0.25, 0.3) is 0 Å². The minimum atomic E-state index is 0.558. The largest absolute Gasteiger partial charge is 0.326 e. The SMILES string of the molecule is CCc1nsc(Sc2cc(C)ccc2CN)n1. The number of rotatable bonds is 4. The molecule has 5 heteroatoms. The predicted molar refractivity (Wildman–Crippen MR) is 72.5 cm³/mol. The lowest BCUT2D eigenvalue weighted by Gasteiger charge is -2.06. The molecule has 3 nitrogen and oxygen atoms in total. The van der Waals surface area contributed by atoms with Crippen molar-refractivity contribution in [1.82, 2.24) is 9.36 Å². The molecule has 0 saturated heterocycles. The van der Waals surface area contributed by atoms with Gasteiger partial charge in [-0.25, -0.2) is 4.98 Å². The average Bonchev–Trinajstić information content (AvgIpc) is 2.77. The lowest BCUT2D eigenvalue weighted by atomic mass is 10.1. The van der Waals surface area contributed by atoms with Crippen LogP contribution in [0.2, 0.25) is 0 Å². The fraction of sp³-hybridized carbons (Fsp3) is 0.333. The van der Waals surface area contributed by atoms with E-state index >= 15 is 0 Å². The van der Waals surface area contributed by atoms with Gasteiger partial charge in [-0.1, -0.05) is 30.8 Å². The number of hydrogen-bond acceptors (Lipinski definition) is 5. The van der Waals surface area contributed by atoms with E-state index in [1.54, 1.807) is 11.8 Å². The van der Waals surface area contributed by atoms with Crippen LogP contribution >= 0.6 is 23.3 Å². The van der Waals surface area contributed by atoms with Gasteiger partial charge in [0.05, 0.1) is 0 Å². The van der Waals surface area contributed by atoms with Crippen molar-refractivity contribution in [3.8, 4) is 0 Å². The first kappa shape index (κ1) is 12.5. The van der Waals surface area contributed by atoms with Gasteiger partial charge in [0.15, 0.2) is 4.34 Å². The second-order valence-corrected chi connectivity index (χ2v) is 5.79. The van der Waals surface area contributed by atoms with E-state index in [-0.39, 0.29) is 0 Å². The number of nitrogens with two attached hydrogens (primary N) is 1. The average molecular weight is 265 g/mol. The second-order valence-electron chi connectivity index (χ2n) is 3.75. The smallest absolute Gasteiger partial charge is 0.174 e. The summed E-state index contributed by atoms with van der Waals surface area (Å²) in [7, 11) is 0. The van der Waals surface area contributed by atoms with E-state index in [1.165, 1.54) is 22.0 Å². The third kappa shape index (κ3) is 3.06. The van der Waals surface area contributed by atoms with E-state index in [0.29, 0.717) is 6.54 Å². The first-order chi connectivity index (χ1) is 8.22. The molecule has 2 rings (SSSR count). The van der Waals surface area contributed by atoms with Gasteiger partial charge in [0.1, 0.15) is 5.82 Å². The number of benzene rings is 1. The summed E-state index contributed by atoms with van der Waals surface area (Å²) in [6.45, 7) is 4.71. The molecule has 90 valence electrons. The van der Waals surface area contributed by atoms with Crippen molar-refractivity contribution >= 4 is 23.3 Å². The molecule has 0 spiro atoms. The van der Waals surface area contributed by atoms with E-state index in [2.05, 4.69) is 41.4 Å². The molecule has 1 aromatic carbocycles. The summed E-state index contributed by atoms with van der Waals surface area (Å²) in [5.74, 6) is 0.916. The van der Waals surface area contributed by atoms with Gasteiger partial charge in [0.2, 0.25) is 0 Å². The van der Waals surface area contributed by atoms with Crippen molar-refractivity contribution in [2.75, 3.05) is 0 Å². The molecule has 0 radical (unpaired) electrons. The van der Waals surface area contributed by atoms with E-state index in [1.807, 2.05) is 0 Å². The topological polar surface area (TPSA) is 51.8 Å². The van der Waals surface area contributed by atoms with Crippen LogP contribution in [0.15, 0.2) is 27.4 Å². The zero-order chi connectivity index (χ0) is 12.3. The molecule has 0 bridgehead atoms. The Kier molecular flexibility index (Phi) is 4.15. The summed E-state index contributed by atoms with van der Waals surface area (Å²) in [6, 6.07) is 6.32. The molecule has 2 aromatic rings. The normalized spacial score (nSPS) is 10.8. The van der Waals surface area contributed by atoms with E-state index in [9.17, 15) is 0 Å². The van der Waals surface area contributed by atoms with Crippen LogP contribution in [0, 0.1) is 6.92 Å². The number of hydrogen-bond donors (Lipinski definition) is 1. The van der Waals surface area contributed by atoms with Gasteiger partial charge in [-0.15, -0.1) is 0 Å². The monoisotopic (exact) mass is 265 g/mol. The maximum atomic E-state index is 5.74. The molecule has 0 saturated carbocycles. The quantitative estimate of drug-likeness (QED) is 0.923. The maximum Gasteiger partial charge on any atom is 0.174 e. The molecule has 0 atom stereocenters. The third-order valence-electron chi connectivity index (χ3n) is 2.41. The summed E-state index contributed by atoms with van der Waals surface area (Å²) in [5.41, 5.74) is 8.14. The van der Waals surface area contributed by atoms with E-state index < -0.39 is 0 Å². The molecule has 0 aliphatic carbocycles. The van der Waals surface area contributed by atoms with Crippen LogP contribution in [-0.2, 0) is 13.0 Å². The Morgan fingerprint density at radius 1 is 1.41 bits per heavy atom.